The van der Waals surface area contributed by atoms with E-state index >= 15 is 0 Å². The molecule has 0 saturated heterocycles. The van der Waals surface area contributed by atoms with Crippen molar-refractivity contribution in [3.63, 3.8) is 0 Å². The minimum atomic E-state index is -0.0469. The number of hydrogen-bond donors (Lipinski definition) is 0. The lowest BCUT2D eigenvalue weighted by molar-refractivity contribution is -0.535. The Balaban J connectivity index is 2.40. The fourth-order valence-electron chi connectivity index (χ4n) is 0.738. The zero-order valence-corrected chi connectivity index (χ0v) is 9.34. The average molecular weight is 271 g/mol. The molecule has 0 radical (unpaired) electrons. The molecule has 0 unspecified atom stereocenters. The third-order valence-corrected chi connectivity index (χ3v) is 3.32. The molecule has 0 spiro atoms. The number of rotatable bonds is 2. The van der Waals surface area contributed by atoms with E-state index in [2.05, 4.69) is 41.0 Å². The van der Waals surface area contributed by atoms with Crippen LogP contribution < -0.4 is 21.2 Å². The summed E-state index contributed by atoms with van der Waals surface area (Å²) >= 11 is -0.0469. The average Bonchev–Trinajstić information content (AvgIpc) is 2.14. The summed E-state index contributed by atoms with van der Waals surface area (Å²) < 4.78 is 4.68. The SMILES string of the molecule is CCCC#C[I+]c1ccccc1. The summed E-state index contributed by atoms with van der Waals surface area (Å²) in [4.78, 5) is 0. The van der Waals surface area contributed by atoms with Crippen molar-refractivity contribution in [2.75, 3.05) is 0 Å². The second-order valence-electron chi connectivity index (χ2n) is 2.41. The number of halogens is 1. The third-order valence-electron chi connectivity index (χ3n) is 1.33. The van der Waals surface area contributed by atoms with Crippen LogP contribution in [0.3, 0.4) is 0 Å². The van der Waals surface area contributed by atoms with Crippen molar-refractivity contribution in [3.8, 4) is 9.85 Å². The monoisotopic (exact) mass is 271 g/mol. The van der Waals surface area contributed by atoms with E-state index in [1.807, 2.05) is 6.07 Å². The van der Waals surface area contributed by atoms with Crippen LogP contribution in [0.2, 0.25) is 0 Å². The van der Waals surface area contributed by atoms with Gasteiger partial charge in [-0.3, -0.25) is 0 Å². The van der Waals surface area contributed by atoms with Gasteiger partial charge in [-0.15, -0.1) is 0 Å². The highest BCUT2D eigenvalue weighted by atomic mass is 127. The zero-order valence-electron chi connectivity index (χ0n) is 7.18. The molecular weight excluding hydrogens is 259 g/mol. The maximum Gasteiger partial charge on any atom is 0.419 e. The van der Waals surface area contributed by atoms with Gasteiger partial charge in [-0.2, -0.15) is 0 Å². The molecule has 1 rings (SSSR count). The second-order valence-corrected chi connectivity index (χ2v) is 4.74. The Morgan fingerprint density at radius 1 is 1.25 bits per heavy atom. The minimum absolute atomic E-state index is 0.0469. The molecule has 0 nitrogen and oxygen atoms in total. The summed E-state index contributed by atoms with van der Waals surface area (Å²) in [5, 5.41) is 0. The smallest absolute Gasteiger partial charge is 0.0645 e. The fraction of sp³-hybridized carbons (Fsp3) is 0.273. The van der Waals surface area contributed by atoms with E-state index in [4.69, 9.17) is 0 Å². The molecule has 0 fully saturated rings. The molecule has 0 saturated carbocycles. The predicted octanol–water partition coefficient (Wildman–Crippen LogP) is -0.294. The van der Waals surface area contributed by atoms with Gasteiger partial charge in [0.25, 0.3) is 0 Å². The maximum atomic E-state index is 3.26. The molecule has 1 aromatic rings. The van der Waals surface area contributed by atoms with Gasteiger partial charge in [0.05, 0.1) is 0 Å². The molecule has 0 atom stereocenters. The summed E-state index contributed by atoms with van der Waals surface area (Å²) in [6, 6.07) is 10.5. The Kier molecular flexibility index (Phi) is 4.86. The Morgan fingerprint density at radius 2 is 2.00 bits per heavy atom. The quantitative estimate of drug-likeness (QED) is 0.512. The van der Waals surface area contributed by atoms with Crippen LogP contribution in [0.25, 0.3) is 0 Å². The van der Waals surface area contributed by atoms with Crippen molar-refractivity contribution in [2.45, 2.75) is 19.8 Å². The van der Waals surface area contributed by atoms with Crippen LogP contribution in [0.5, 0.6) is 0 Å². The van der Waals surface area contributed by atoms with E-state index in [9.17, 15) is 0 Å². The fourth-order valence-corrected chi connectivity index (χ4v) is 2.28. The van der Waals surface area contributed by atoms with E-state index < -0.39 is 0 Å². The molecular formula is C11H12I+. The van der Waals surface area contributed by atoms with Crippen LogP contribution in [0.1, 0.15) is 19.8 Å². The van der Waals surface area contributed by atoms with Crippen LogP contribution in [-0.4, -0.2) is 0 Å². The summed E-state index contributed by atoms with van der Waals surface area (Å²) in [5.41, 5.74) is 0. The van der Waals surface area contributed by atoms with Crippen LogP contribution in [0.4, 0.5) is 0 Å². The molecule has 0 aliphatic carbocycles. The number of unbranched alkanes of at least 4 members (excludes halogenated alkanes) is 1. The van der Waals surface area contributed by atoms with Crippen molar-refractivity contribution < 1.29 is 21.2 Å². The molecule has 0 aliphatic rings. The maximum absolute atomic E-state index is 3.26. The number of hydrogen-bond acceptors (Lipinski definition) is 0. The van der Waals surface area contributed by atoms with Gasteiger partial charge in [0, 0.05) is 6.42 Å². The molecule has 0 amide bonds. The summed E-state index contributed by atoms with van der Waals surface area (Å²) in [6.07, 6.45) is 2.22. The summed E-state index contributed by atoms with van der Waals surface area (Å²) in [7, 11) is 0. The summed E-state index contributed by atoms with van der Waals surface area (Å²) in [6.45, 7) is 2.16. The van der Waals surface area contributed by atoms with E-state index in [0.717, 1.165) is 6.42 Å². The highest BCUT2D eigenvalue weighted by Gasteiger charge is 2.05. The lowest BCUT2D eigenvalue weighted by Gasteiger charge is -1.76. The molecule has 0 aliphatic heterocycles. The van der Waals surface area contributed by atoms with Gasteiger partial charge in [0.15, 0.2) is 3.93 Å². The van der Waals surface area contributed by atoms with Crippen molar-refractivity contribution in [1.29, 1.82) is 0 Å². The molecule has 1 heteroatoms. The largest absolute Gasteiger partial charge is 0.419 e. The molecule has 62 valence electrons. The van der Waals surface area contributed by atoms with Crippen molar-refractivity contribution in [1.82, 2.24) is 0 Å². The Morgan fingerprint density at radius 3 is 2.67 bits per heavy atom. The standard InChI is InChI=1S/C11H12I/c1-2-3-7-10-12-11-8-5-4-6-9-11/h4-6,8-9H,2-3H2,1H3/q+1. The highest BCUT2D eigenvalue weighted by Crippen LogP contribution is 1.82. The molecule has 12 heavy (non-hydrogen) atoms. The first kappa shape index (κ1) is 9.60. The van der Waals surface area contributed by atoms with Crippen molar-refractivity contribution in [3.05, 3.63) is 33.9 Å². The van der Waals surface area contributed by atoms with E-state index in [1.54, 1.807) is 0 Å². The Hall–Kier alpha value is -0.490. The predicted molar refractivity (Wildman–Crippen MR) is 47.8 cm³/mol. The van der Waals surface area contributed by atoms with Gasteiger partial charge in [0.1, 0.15) is 0 Å². The molecule has 0 heterocycles. The Labute approximate surface area is 84.6 Å². The minimum Gasteiger partial charge on any atom is -0.0645 e. The lowest BCUT2D eigenvalue weighted by atomic mass is 10.4. The molecule has 0 aromatic heterocycles. The van der Waals surface area contributed by atoms with Crippen molar-refractivity contribution in [2.24, 2.45) is 0 Å². The van der Waals surface area contributed by atoms with Crippen LogP contribution in [0.15, 0.2) is 30.3 Å². The molecule has 0 bridgehead atoms. The molecule has 0 N–H and O–H groups in total. The zero-order chi connectivity index (χ0) is 8.65. The lowest BCUT2D eigenvalue weighted by Crippen LogP contribution is -3.59. The van der Waals surface area contributed by atoms with Gasteiger partial charge in [0.2, 0.25) is 3.57 Å². The van der Waals surface area contributed by atoms with Gasteiger partial charge in [-0.1, -0.05) is 25.1 Å². The summed E-state index contributed by atoms with van der Waals surface area (Å²) in [5.74, 6) is 3.18. The van der Waals surface area contributed by atoms with Gasteiger partial charge >= 0.3 is 21.2 Å². The highest BCUT2D eigenvalue weighted by molar-refractivity contribution is 5.00. The van der Waals surface area contributed by atoms with E-state index in [0.29, 0.717) is 0 Å². The topological polar surface area (TPSA) is 0 Å². The van der Waals surface area contributed by atoms with Crippen LogP contribution in [0, 0.1) is 13.4 Å². The van der Waals surface area contributed by atoms with E-state index in [-0.39, 0.29) is 21.2 Å². The first-order chi connectivity index (χ1) is 5.93. The normalized spacial score (nSPS) is 8.75. The second kappa shape index (κ2) is 6.07. The van der Waals surface area contributed by atoms with E-state index in [1.165, 1.54) is 9.99 Å². The first-order valence-corrected chi connectivity index (χ1v) is 6.26. The van der Waals surface area contributed by atoms with Gasteiger partial charge in [-0.05, 0) is 24.5 Å². The van der Waals surface area contributed by atoms with Gasteiger partial charge in [-0.25, -0.2) is 0 Å². The van der Waals surface area contributed by atoms with Gasteiger partial charge < -0.3 is 0 Å². The van der Waals surface area contributed by atoms with Crippen LogP contribution in [-0.2, 0) is 0 Å². The van der Waals surface area contributed by atoms with Crippen molar-refractivity contribution >= 4 is 0 Å². The Bertz CT molecular complexity index is 266. The first-order valence-electron chi connectivity index (χ1n) is 4.10. The number of benzene rings is 1. The third kappa shape index (κ3) is 3.77. The molecule has 1 aromatic carbocycles. The van der Waals surface area contributed by atoms with Crippen LogP contribution >= 0.6 is 0 Å².